The smallest absolute Gasteiger partial charge is 0.0467 e. The van der Waals surface area contributed by atoms with Gasteiger partial charge in [0.2, 0.25) is 0 Å². The molecule has 15 heavy (non-hydrogen) atoms. The lowest BCUT2D eigenvalue weighted by molar-refractivity contribution is 0.151. The van der Waals surface area contributed by atoms with Crippen LogP contribution >= 0.6 is 0 Å². The van der Waals surface area contributed by atoms with Crippen molar-refractivity contribution in [1.29, 1.82) is 0 Å². The molecule has 0 saturated heterocycles. The highest BCUT2D eigenvalue weighted by molar-refractivity contribution is 4.81. The third-order valence-electron chi connectivity index (χ3n) is 2.90. The van der Waals surface area contributed by atoms with Crippen LogP contribution in [0.3, 0.4) is 0 Å². The largest absolute Gasteiger partial charge is 0.385 e. The average molecular weight is 214 g/mol. The predicted molar refractivity (Wildman–Crippen MR) is 64.2 cm³/mol. The molecule has 1 saturated carbocycles. The van der Waals surface area contributed by atoms with E-state index < -0.39 is 0 Å². The van der Waals surface area contributed by atoms with Crippen molar-refractivity contribution in [1.82, 2.24) is 10.6 Å². The molecule has 3 nitrogen and oxygen atoms in total. The summed E-state index contributed by atoms with van der Waals surface area (Å²) in [4.78, 5) is 0. The van der Waals surface area contributed by atoms with Crippen LogP contribution in [-0.4, -0.2) is 39.4 Å². The maximum absolute atomic E-state index is 5.10. The van der Waals surface area contributed by atoms with E-state index in [1.807, 2.05) is 0 Å². The molecule has 0 aromatic rings. The molecule has 90 valence electrons. The van der Waals surface area contributed by atoms with Crippen LogP contribution < -0.4 is 10.6 Å². The molecule has 0 aromatic carbocycles. The van der Waals surface area contributed by atoms with E-state index in [-0.39, 0.29) is 0 Å². The summed E-state index contributed by atoms with van der Waals surface area (Å²) >= 11 is 0. The summed E-state index contributed by atoms with van der Waals surface area (Å²) in [6, 6.07) is 0.827. The summed E-state index contributed by atoms with van der Waals surface area (Å²) in [7, 11) is 1.77. The highest BCUT2D eigenvalue weighted by Crippen LogP contribution is 2.19. The standard InChI is InChI=1S/C12H26N2O/c1-12(2,6-9-15-3)10-13-7-8-14-11-4-5-11/h11,13-14H,4-10H2,1-3H3. The van der Waals surface area contributed by atoms with E-state index in [2.05, 4.69) is 24.5 Å². The van der Waals surface area contributed by atoms with Crippen LogP contribution in [-0.2, 0) is 4.74 Å². The Hall–Kier alpha value is -0.120. The fourth-order valence-corrected chi connectivity index (χ4v) is 1.55. The molecule has 1 aliphatic carbocycles. The SMILES string of the molecule is COCCC(C)(C)CNCCNC1CC1. The second-order valence-electron chi connectivity index (χ2n) is 5.31. The van der Waals surface area contributed by atoms with E-state index in [1.54, 1.807) is 7.11 Å². The Labute approximate surface area is 94.0 Å². The second kappa shape index (κ2) is 6.46. The summed E-state index contributed by atoms with van der Waals surface area (Å²) < 4.78 is 5.10. The summed E-state index contributed by atoms with van der Waals surface area (Å²) in [5.41, 5.74) is 0.343. The molecule has 0 radical (unpaired) electrons. The van der Waals surface area contributed by atoms with Gasteiger partial charge in [-0.25, -0.2) is 0 Å². The van der Waals surface area contributed by atoms with Crippen LogP contribution in [0.5, 0.6) is 0 Å². The zero-order valence-corrected chi connectivity index (χ0v) is 10.4. The van der Waals surface area contributed by atoms with Crippen LogP contribution in [0.1, 0.15) is 33.1 Å². The van der Waals surface area contributed by atoms with Gasteiger partial charge in [0, 0.05) is 39.4 Å². The lowest BCUT2D eigenvalue weighted by atomic mass is 9.90. The second-order valence-corrected chi connectivity index (χ2v) is 5.31. The molecule has 0 unspecified atom stereocenters. The fraction of sp³-hybridized carbons (Fsp3) is 1.00. The van der Waals surface area contributed by atoms with E-state index in [0.717, 1.165) is 38.7 Å². The molecular weight excluding hydrogens is 188 g/mol. The fourth-order valence-electron chi connectivity index (χ4n) is 1.55. The van der Waals surface area contributed by atoms with Crippen molar-refractivity contribution in [3.8, 4) is 0 Å². The first-order chi connectivity index (χ1) is 7.14. The maximum Gasteiger partial charge on any atom is 0.0467 e. The van der Waals surface area contributed by atoms with Crippen molar-refractivity contribution in [2.45, 2.75) is 39.2 Å². The van der Waals surface area contributed by atoms with Crippen LogP contribution in [0.2, 0.25) is 0 Å². The van der Waals surface area contributed by atoms with Crippen molar-refractivity contribution in [2.24, 2.45) is 5.41 Å². The van der Waals surface area contributed by atoms with Gasteiger partial charge in [-0.2, -0.15) is 0 Å². The third-order valence-corrected chi connectivity index (χ3v) is 2.90. The van der Waals surface area contributed by atoms with Gasteiger partial charge in [-0.05, 0) is 24.7 Å². The van der Waals surface area contributed by atoms with E-state index in [9.17, 15) is 0 Å². The number of rotatable bonds is 9. The molecule has 0 aliphatic heterocycles. The molecule has 1 rings (SSSR count). The topological polar surface area (TPSA) is 33.3 Å². The first kappa shape index (κ1) is 12.9. The monoisotopic (exact) mass is 214 g/mol. The highest BCUT2D eigenvalue weighted by atomic mass is 16.5. The predicted octanol–water partition coefficient (Wildman–Crippen LogP) is 1.39. The van der Waals surface area contributed by atoms with Crippen molar-refractivity contribution in [3.05, 3.63) is 0 Å². The first-order valence-electron chi connectivity index (χ1n) is 6.07. The Morgan fingerprint density at radius 1 is 1.27 bits per heavy atom. The van der Waals surface area contributed by atoms with Gasteiger partial charge in [-0.15, -0.1) is 0 Å². The highest BCUT2D eigenvalue weighted by Gasteiger charge is 2.20. The molecule has 1 aliphatic rings. The normalized spacial score (nSPS) is 17.0. The van der Waals surface area contributed by atoms with Crippen molar-refractivity contribution >= 4 is 0 Å². The van der Waals surface area contributed by atoms with E-state index >= 15 is 0 Å². The Morgan fingerprint density at radius 2 is 2.00 bits per heavy atom. The Bertz CT molecular complexity index is 167. The van der Waals surface area contributed by atoms with Gasteiger partial charge in [0.1, 0.15) is 0 Å². The third kappa shape index (κ3) is 6.88. The lowest BCUT2D eigenvalue weighted by Crippen LogP contribution is -2.35. The van der Waals surface area contributed by atoms with Crippen LogP contribution in [0.4, 0.5) is 0 Å². The number of ether oxygens (including phenoxy) is 1. The Balaban J connectivity index is 1.91. The van der Waals surface area contributed by atoms with Crippen LogP contribution in [0.25, 0.3) is 0 Å². The van der Waals surface area contributed by atoms with Gasteiger partial charge < -0.3 is 15.4 Å². The number of hydrogen-bond acceptors (Lipinski definition) is 3. The van der Waals surface area contributed by atoms with Gasteiger partial charge in [0.25, 0.3) is 0 Å². The van der Waals surface area contributed by atoms with Crippen LogP contribution in [0, 0.1) is 5.41 Å². The van der Waals surface area contributed by atoms with Gasteiger partial charge >= 0.3 is 0 Å². The van der Waals surface area contributed by atoms with Gasteiger partial charge in [0.05, 0.1) is 0 Å². The summed E-state index contributed by atoms with van der Waals surface area (Å²) in [6.45, 7) is 8.68. The van der Waals surface area contributed by atoms with E-state index in [4.69, 9.17) is 4.74 Å². The first-order valence-corrected chi connectivity index (χ1v) is 6.07. The lowest BCUT2D eigenvalue weighted by Gasteiger charge is -2.24. The molecule has 0 spiro atoms. The van der Waals surface area contributed by atoms with Gasteiger partial charge in [0.15, 0.2) is 0 Å². The minimum atomic E-state index is 0.343. The zero-order chi connectivity index (χ0) is 11.1. The molecule has 1 fully saturated rings. The molecule has 3 heteroatoms. The van der Waals surface area contributed by atoms with Crippen LogP contribution in [0.15, 0.2) is 0 Å². The molecule has 0 aromatic heterocycles. The summed E-state index contributed by atoms with van der Waals surface area (Å²) in [5, 5.41) is 7.00. The minimum absolute atomic E-state index is 0.343. The molecule has 2 N–H and O–H groups in total. The van der Waals surface area contributed by atoms with E-state index in [0.29, 0.717) is 5.41 Å². The van der Waals surface area contributed by atoms with Gasteiger partial charge in [-0.1, -0.05) is 13.8 Å². The van der Waals surface area contributed by atoms with Gasteiger partial charge in [-0.3, -0.25) is 0 Å². The quantitative estimate of drug-likeness (QED) is 0.569. The summed E-state index contributed by atoms with van der Waals surface area (Å²) in [6.07, 6.45) is 3.87. The zero-order valence-electron chi connectivity index (χ0n) is 10.4. The minimum Gasteiger partial charge on any atom is -0.385 e. The molecule has 0 bridgehead atoms. The Morgan fingerprint density at radius 3 is 2.60 bits per heavy atom. The number of hydrogen-bond donors (Lipinski definition) is 2. The van der Waals surface area contributed by atoms with Crippen molar-refractivity contribution in [2.75, 3.05) is 33.4 Å². The molecule has 0 atom stereocenters. The van der Waals surface area contributed by atoms with Crippen molar-refractivity contribution in [3.63, 3.8) is 0 Å². The Kier molecular flexibility index (Phi) is 5.58. The summed E-state index contributed by atoms with van der Waals surface area (Å²) in [5.74, 6) is 0. The van der Waals surface area contributed by atoms with Crippen molar-refractivity contribution < 1.29 is 4.74 Å². The number of nitrogens with one attached hydrogen (secondary N) is 2. The molecule has 0 heterocycles. The molecule has 0 amide bonds. The number of methoxy groups -OCH3 is 1. The average Bonchev–Trinajstić information content (AvgIpc) is 2.98. The maximum atomic E-state index is 5.10. The molecular formula is C12H26N2O. The van der Waals surface area contributed by atoms with E-state index in [1.165, 1.54) is 12.8 Å².